The molecule has 1 unspecified atom stereocenters. The van der Waals surface area contributed by atoms with E-state index >= 15 is 0 Å². The maximum atomic E-state index is 12.8. The number of benzene rings is 1. The summed E-state index contributed by atoms with van der Waals surface area (Å²) in [5, 5.41) is 2.53. The first-order chi connectivity index (χ1) is 13.8. The number of rotatable bonds is 5. The standard InChI is InChI=1S/C19H25F3N4O2S/c1-2-23-18(28)25-10-7-24(8-11-25)9-12-26-16(27)13-29-17(26)14-3-5-15(6-4-14)19(20,21)22/h3-6,17H,2,7-13H2,1H3,(H,23,28). The Morgan fingerprint density at radius 3 is 2.38 bits per heavy atom. The van der Waals surface area contributed by atoms with Gasteiger partial charge in [-0.2, -0.15) is 13.2 Å². The highest BCUT2D eigenvalue weighted by Gasteiger charge is 2.35. The van der Waals surface area contributed by atoms with Crippen LogP contribution in [0.25, 0.3) is 0 Å². The fourth-order valence-corrected chi connectivity index (χ4v) is 4.71. The zero-order chi connectivity index (χ0) is 21.0. The van der Waals surface area contributed by atoms with Crippen LogP contribution >= 0.6 is 11.8 Å². The molecule has 2 fully saturated rings. The smallest absolute Gasteiger partial charge is 0.338 e. The van der Waals surface area contributed by atoms with Gasteiger partial charge < -0.3 is 15.1 Å². The van der Waals surface area contributed by atoms with Crippen molar-refractivity contribution >= 4 is 23.7 Å². The van der Waals surface area contributed by atoms with E-state index in [4.69, 9.17) is 0 Å². The number of piperazine rings is 1. The van der Waals surface area contributed by atoms with Gasteiger partial charge in [0.1, 0.15) is 5.37 Å². The molecule has 3 amide bonds. The van der Waals surface area contributed by atoms with Gasteiger partial charge in [-0.1, -0.05) is 12.1 Å². The monoisotopic (exact) mass is 430 g/mol. The van der Waals surface area contributed by atoms with Gasteiger partial charge in [-0.05, 0) is 24.6 Å². The molecular weight excluding hydrogens is 405 g/mol. The van der Waals surface area contributed by atoms with E-state index in [0.717, 1.165) is 25.2 Å². The van der Waals surface area contributed by atoms with Crippen molar-refractivity contribution in [2.45, 2.75) is 18.5 Å². The van der Waals surface area contributed by atoms with Crippen LogP contribution in [-0.4, -0.2) is 78.2 Å². The summed E-state index contributed by atoms with van der Waals surface area (Å²) in [7, 11) is 0. The van der Waals surface area contributed by atoms with E-state index in [2.05, 4.69) is 10.2 Å². The molecule has 2 aliphatic rings. The normalized spacial score (nSPS) is 21.0. The van der Waals surface area contributed by atoms with Gasteiger partial charge in [0.15, 0.2) is 0 Å². The lowest BCUT2D eigenvalue weighted by atomic mass is 10.1. The number of hydrogen-bond donors (Lipinski definition) is 1. The van der Waals surface area contributed by atoms with Gasteiger partial charge >= 0.3 is 12.2 Å². The van der Waals surface area contributed by atoms with Crippen molar-refractivity contribution in [3.63, 3.8) is 0 Å². The van der Waals surface area contributed by atoms with Crippen molar-refractivity contribution in [3.05, 3.63) is 35.4 Å². The minimum atomic E-state index is -4.37. The predicted octanol–water partition coefficient (Wildman–Crippen LogP) is 2.63. The average Bonchev–Trinajstić information content (AvgIpc) is 3.07. The van der Waals surface area contributed by atoms with Crippen LogP contribution in [-0.2, 0) is 11.0 Å². The van der Waals surface area contributed by atoms with Crippen LogP contribution < -0.4 is 5.32 Å². The molecule has 2 heterocycles. The molecule has 0 radical (unpaired) electrons. The predicted molar refractivity (Wildman–Crippen MR) is 105 cm³/mol. The van der Waals surface area contributed by atoms with Gasteiger partial charge in [-0.25, -0.2) is 4.79 Å². The van der Waals surface area contributed by atoms with E-state index in [1.165, 1.54) is 23.9 Å². The Kier molecular flexibility index (Phi) is 6.94. The molecule has 0 aliphatic carbocycles. The highest BCUT2D eigenvalue weighted by Crippen LogP contribution is 2.39. The molecule has 2 aliphatic heterocycles. The van der Waals surface area contributed by atoms with E-state index in [-0.39, 0.29) is 17.3 Å². The Labute approximate surface area is 172 Å². The van der Waals surface area contributed by atoms with E-state index in [0.29, 0.717) is 44.0 Å². The van der Waals surface area contributed by atoms with Gasteiger partial charge in [0.25, 0.3) is 0 Å². The summed E-state index contributed by atoms with van der Waals surface area (Å²) in [5.74, 6) is 0.331. The highest BCUT2D eigenvalue weighted by molar-refractivity contribution is 8.00. The lowest BCUT2D eigenvalue weighted by Crippen LogP contribution is -2.52. The molecular formula is C19H25F3N4O2S. The molecule has 1 aromatic rings. The fourth-order valence-electron chi connectivity index (χ4n) is 3.50. The second-order valence-corrected chi connectivity index (χ2v) is 8.10. The minimum absolute atomic E-state index is 0.000794. The van der Waals surface area contributed by atoms with Crippen LogP contribution in [0.4, 0.5) is 18.0 Å². The summed E-state index contributed by atoms with van der Waals surface area (Å²) in [4.78, 5) is 29.9. The molecule has 1 N–H and O–H groups in total. The van der Waals surface area contributed by atoms with Gasteiger partial charge in [0.2, 0.25) is 5.91 Å². The summed E-state index contributed by atoms with van der Waals surface area (Å²) < 4.78 is 38.3. The lowest BCUT2D eigenvalue weighted by molar-refractivity contribution is -0.137. The molecule has 0 saturated carbocycles. The Balaban J connectivity index is 1.54. The zero-order valence-corrected chi connectivity index (χ0v) is 17.1. The first-order valence-electron chi connectivity index (χ1n) is 9.63. The Bertz CT molecular complexity index is 721. The third-order valence-electron chi connectivity index (χ3n) is 5.14. The molecule has 1 atom stereocenters. The van der Waals surface area contributed by atoms with Crippen molar-refractivity contribution < 1.29 is 22.8 Å². The maximum absolute atomic E-state index is 12.8. The highest BCUT2D eigenvalue weighted by atomic mass is 32.2. The zero-order valence-electron chi connectivity index (χ0n) is 16.2. The summed E-state index contributed by atoms with van der Waals surface area (Å²) >= 11 is 1.44. The van der Waals surface area contributed by atoms with Crippen LogP contribution in [0.15, 0.2) is 24.3 Å². The van der Waals surface area contributed by atoms with E-state index < -0.39 is 11.7 Å². The van der Waals surface area contributed by atoms with Crippen LogP contribution in [0.2, 0.25) is 0 Å². The van der Waals surface area contributed by atoms with E-state index in [1.54, 1.807) is 9.80 Å². The molecule has 29 heavy (non-hydrogen) atoms. The van der Waals surface area contributed by atoms with Gasteiger partial charge in [-0.15, -0.1) is 11.8 Å². The first-order valence-corrected chi connectivity index (χ1v) is 10.7. The molecule has 1 aromatic carbocycles. The Morgan fingerprint density at radius 1 is 1.14 bits per heavy atom. The number of thioether (sulfide) groups is 1. The molecule has 0 bridgehead atoms. The van der Waals surface area contributed by atoms with Crippen molar-refractivity contribution in [2.24, 2.45) is 0 Å². The number of hydrogen-bond acceptors (Lipinski definition) is 4. The second-order valence-electron chi connectivity index (χ2n) is 7.03. The van der Waals surface area contributed by atoms with Gasteiger partial charge in [-0.3, -0.25) is 9.69 Å². The lowest BCUT2D eigenvalue weighted by Gasteiger charge is -2.36. The Hall–Kier alpha value is -1.94. The summed E-state index contributed by atoms with van der Waals surface area (Å²) in [6.45, 7) is 6.40. The quantitative estimate of drug-likeness (QED) is 0.781. The minimum Gasteiger partial charge on any atom is -0.338 e. The average molecular weight is 430 g/mol. The summed E-state index contributed by atoms with van der Waals surface area (Å²) in [5.41, 5.74) is 0.0158. The number of nitrogens with one attached hydrogen (secondary N) is 1. The van der Waals surface area contributed by atoms with E-state index in [1.807, 2.05) is 6.92 Å². The molecule has 6 nitrogen and oxygen atoms in total. The Morgan fingerprint density at radius 2 is 1.79 bits per heavy atom. The summed E-state index contributed by atoms with van der Waals surface area (Å²) in [6.07, 6.45) is -4.37. The largest absolute Gasteiger partial charge is 0.416 e. The van der Waals surface area contributed by atoms with Crippen molar-refractivity contribution in [3.8, 4) is 0 Å². The molecule has 160 valence electrons. The number of halogens is 3. The number of nitrogens with zero attached hydrogens (tertiary/aromatic N) is 3. The maximum Gasteiger partial charge on any atom is 0.416 e. The SMILES string of the molecule is CCNC(=O)N1CCN(CCN2C(=O)CSC2c2ccc(C(F)(F)F)cc2)CC1. The number of amides is 3. The van der Waals surface area contributed by atoms with Gasteiger partial charge in [0.05, 0.1) is 11.3 Å². The molecule has 3 rings (SSSR count). The topological polar surface area (TPSA) is 55.9 Å². The van der Waals surface area contributed by atoms with Crippen molar-refractivity contribution in [2.75, 3.05) is 51.6 Å². The number of carbonyl (C=O) groups excluding carboxylic acids is 2. The van der Waals surface area contributed by atoms with Crippen LogP contribution in [0, 0.1) is 0 Å². The molecule has 0 spiro atoms. The molecule has 2 saturated heterocycles. The third kappa shape index (κ3) is 5.36. The van der Waals surface area contributed by atoms with Crippen LogP contribution in [0.3, 0.4) is 0 Å². The van der Waals surface area contributed by atoms with Gasteiger partial charge in [0, 0.05) is 45.8 Å². The fraction of sp³-hybridized carbons (Fsp3) is 0.579. The molecule has 10 heteroatoms. The molecule has 0 aromatic heterocycles. The van der Waals surface area contributed by atoms with E-state index in [9.17, 15) is 22.8 Å². The third-order valence-corrected chi connectivity index (χ3v) is 6.39. The van der Waals surface area contributed by atoms with Crippen LogP contribution in [0.1, 0.15) is 23.4 Å². The van der Waals surface area contributed by atoms with Crippen molar-refractivity contribution in [1.29, 1.82) is 0 Å². The number of urea groups is 1. The summed E-state index contributed by atoms with van der Waals surface area (Å²) in [6, 6.07) is 4.99. The second kappa shape index (κ2) is 9.25. The number of carbonyl (C=O) groups is 2. The first kappa shape index (κ1) is 21.8. The van der Waals surface area contributed by atoms with Crippen molar-refractivity contribution in [1.82, 2.24) is 20.0 Å². The van der Waals surface area contributed by atoms with Crippen LogP contribution in [0.5, 0.6) is 0 Å². The number of alkyl halides is 3.